The zero-order valence-electron chi connectivity index (χ0n) is 15.4. The second kappa shape index (κ2) is 7.16. The highest BCUT2D eigenvalue weighted by Gasteiger charge is 2.53. The van der Waals surface area contributed by atoms with E-state index in [4.69, 9.17) is 4.74 Å². The van der Waals surface area contributed by atoms with E-state index in [1.54, 1.807) is 16.8 Å². The van der Waals surface area contributed by atoms with Gasteiger partial charge in [-0.1, -0.05) is 24.6 Å². The minimum atomic E-state index is -0.622. The molecule has 5 heteroatoms. The SMILES string of the molecule is CC(C)N(C)C(=O)[C@H]1COC2(CCCCC2)N1C(=O)c1ccccc1. The van der Waals surface area contributed by atoms with Crippen LogP contribution in [0.1, 0.15) is 56.3 Å². The van der Waals surface area contributed by atoms with Crippen LogP contribution in [0.25, 0.3) is 0 Å². The van der Waals surface area contributed by atoms with Crippen LogP contribution in [0, 0.1) is 0 Å². The van der Waals surface area contributed by atoms with Gasteiger partial charge in [-0.25, -0.2) is 0 Å². The molecule has 0 N–H and O–H groups in total. The summed E-state index contributed by atoms with van der Waals surface area (Å²) in [7, 11) is 1.80. The van der Waals surface area contributed by atoms with Gasteiger partial charge in [-0.05, 0) is 51.7 Å². The number of ether oxygens (including phenoxy) is 1. The van der Waals surface area contributed by atoms with Gasteiger partial charge in [0.25, 0.3) is 5.91 Å². The maximum Gasteiger partial charge on any atom is 0.256 e. The molecule has 1 saturated carbocycles. The molecule has 136 valence electrons. The molecule has 1 spiro atoms. The molecule has 25 heavy (non-hydrogen) atoms. The minimum Gasteiger partial charge on any atom is -0.353 e. The van der Waals surface area contributed by atoms with E-state index >= 15 is 0 Å². The van der Waals surface area contributed by atoms with Crippen molar-refractivity contribution in [2.75, 3.05) is 13.7 Å². The normalized spacial score (nSPS) is 22.4. The van der Waals surface area contributed by atoms with Crippen LogP contribution in [0.4, 0.5) is 0 Å². The Morgan fingerprint density at radius 1 is 1.16 bits per heavy atom. The third-order valence-corrected chi connectivity index (χ3v) is 5.54. The Kier molecular flexibility index (Phi) is 5.13. The Morgan fingerprint density at radius 3 is 2.40 bits per heavy atom. The molecular weight excluding hydrogens is 316 g/mol. The van der Waals surface area contributed by atoms with E-state index in [-0.39, 0.29) is 24.5 Å². The Labute approximate surface area is 149 Å². The summed E-state index contributed by atoms with van der Waals surface area (Å²) in [4.78, 5) is 29.8. The lowest BCUT2D eigenvalue weighted by atomic mass is 9.89. The number of hydrogen-bond donors (Lipinski definition) is 0. The molecule has 2 fully saturated rings. The van der Waals surface area contributed by atoms with Crippen molar-refractivity contribution in [2.24, 2.45) is 0 Å². The molecule has 2 amide bonds. The topological polar surface area (TPSA) is 49.9 Å². The third kappa shape index (κ3) is 3.30. The summed E-state index contributed by atoms with van der Waals surface area (Å²) in [5.74, 6) is -0.141. The lowest BCUT2D eigenvalue weighted by Crippen LogP contribution is -2.57. The first-order valence-corrected chi connectivity index (χ1v) is 9.25. The summed E-state index contributed by atoms with van der Waals surface area (Å²) in [6, 6.07) is 8.77. The molecule has 1 aliphatic heterocycles. The summed E-state index contributed by atoms with van der Waals surface area (Å²) in [5.41, 5.74) is -0.00786. The molecule has 2 aliphatic rings. The highest BCUT2D eigenvalue weighted by atomic mass is 16.5. The molecule has 1 heterocycles. The smallest absolute Gasteiger partial charge is 0.256 e. The maximum atomic E-state index is 13.3. The van der Waals surface area contributed by atoms with Crippen molar-refractivity contribution in [3.05, 3.63) is 35.9 Å². The number of carbonyl (C=O) groups excluding carboxylic acids is 2. The van der Waals surface area contributed by atoms with Crippen molar-refractivity contribution in [3.8, 4) is 0 Å². The van der Waals surface area contributed by atoms with Crippen LogP contribution in [0.15, 0.2) is 30.3 Å². The molecule has 0 aromatic heterocycles. The summed E-state index contributed by atoms with van der Waals surface area (Å²) in [5, 5.41) is 0. The van der Waals surface area contributed by atoms with Gasteiger partial charge in [-0.2, -0.15) is 0 Å². The summed E-state index contributed by atoms with van der Waals surface area (Å²) in [6.45, 7) is 4.25. The average Bonchev–Trinajstić information content (AvgIpc) is 2.99. The van der Waals surface area contributed by atoms with E-state index in [0.29, 0.717) is 5.56 Å². The first kappa shape index (κ1) is 17.9. The van der Waals surface area contributed by atoms with Gasteiger partial charge in [0.15, 0.2) is 0 Å². The van der Waals surface area contributed by atoms with Crippen molar-refractivity contribution in [1.29, 1.82) is 0 Å². The van der Waals surface area contributed by atoms with E-state index in [2.05, 4.69) is 0 Å². The van der Waals surface area contributed by atoms with Gasteiger partial charge < -0.3 is 9.64 Å². The van der Waals surface area contributed by atoms with Gasteiger partial charge in [-0.3, -0.25) is 14.5 Å². The van der Waals surface area contributed by atoms with Crippen molar-refractivity contribution >= 4 is 11.8 Å². The maximum absolute atomic E-state index is 13.3. The fraction of sp³-hybridized carbons (Fsp3) is 0.600. The van der Waals surface area contributed by atoms with Crippen molar-refractivity contribution < 1.29 is 14.3 Å². The van der Waals surface area contributed by atoms with Crippen molar-refractivity contribution in [3.63, 3.8) is 0 Å². The minimum absolute atomic E-state index is 0.0401. The Bertz CT molecular complexity index is 623. The summed E-state index contributed by atoms with van der Waals surface area (Å²) < 4.78 is 6.16. The predicted octanol–water partition coefficient (Wildman–Crippen LogP) is 3.05. The molecular formula is C20H28N2O3. The zero-order chi connectivity index (χ0) is 18.0. The van der Waals surface area contributed by atoms with E-state index in [1.165, 1.54) is 0 Å². The fourth-order valence-corrected chi connectivity index (χ4v) is 3.87. The van der Waals surface area contributed by atoms with Crippen LogP contribution in [0.5, 0.6) is 0 Å². The highest BCUT2D eigenvalue weighted by molar-refractivity contribution is 5.98. The quantitative estimate of drug-likeness (QED) is 0.847. The summed E-state index contributed by atoms with van der Waals surface area (Å²) >= 11 is 0. The molecule has 1 aliphatic carbocycles. The molecule has 3 rings (SSSR count). The monoisotopic (exact) mass is 344 g/mol. The first-order valence-electron chi connectivity index (χ1n) is 9.25. The predicted molar refractivity (Wildman–Crippen MR) is 96.1 cm³/mol. The highest BCUT2D eigenvalue weighted by Crippen LogP contribution is 2.41. The van der Waals surface area contributed by atoms with Crippen LogP contribution in [0.3, 0.4) is 0 Å². The van der Waals surface area contributed by atoms with Gasteiger partial charge in [0.05, 0.1) is 6.61 Å². The van der Waals surface area contributed by atoms with Crippen LogP contribution >= 0.6 is 0 Å². The lowest BCUT2D eigenvalue weighted by molar-refractivity contribution is -0.137. The molecule has 1 aromatic carbocycles. The Hall–Kier alpha value is -1.88. The van der Waals surface area contributed by atoms with Crippen molar-refractivity contribution in [1.82, 2.24) is 9.80 Å². The van der Waals surface area contributed by atoms with E-state index in [0.717, 1.165) is 32.1 Å². The van der Waals surface area contributed by atoms with Crippen LogP contribution in [-0.4, -0.2) is 53.1 Å². The molecule has 5 nitrogen and oxygen atoms in total. The molecule has 0 bridgehead atoms. The van der Waals surface area contributed by atoms with Gasteiger partial charge in [0.2, 0.25) is 5.91 Å². The second-order valence-corrected chi connectivity index (χ2v) is 7.42. The molecule has 1 saturated heterocycles. The van der Waals surface area contributed by atoms with Gasteiger partial charge in [0, 0.05) is 18.7 Å². The van der Waals surface area contributed by atoms with Gasteiger partial charge >= 0.3 is 0 Å². The number of nitrogens with zero attached hydrogens (tertiary/aromatic N) is 2. The number of amides is 2. The van der Waals surface area contributed by atoms with E-state index in [9.17, 15) is 9.59 Å². The number of rotatable bonds is 3. The van der Waals surface area contributed by atoms with Gasteiger partial charge in [0.1, 0.15) is 11.8 Å². The third-order valence-electron chi connectivity index (χ3n) is 5.54. The number of likely N-dealkylation sites (N-methyl/N-ethyl adjacent to an activating group) is 1. The van der Waals surface area contributed by atoms with Crippen LogP contribution in [-0.2, 0) is 9.53 Å². The zero-order valence-corrected chi connectivity index (χ0v) is 15.4. The standard InChI is InChI=1S/C20H28N2O3/c1-15(2)21(3)19(24)17-14-25-20(12-8-5-9-13-20)22(17)18(23)16-10-6-4-7-11-16/h4,6-7,10-11,15,17H,5,8-9,12-14H2,1-3H3/t17-/m1/s1. The number of benzene rings is 1. The van der Waals surface area contributed by atoms with Crippen LogP contribution in [0.2, 0.25) is 0 Å². The molecule has 0 radical (unpaired) electrons. The van der Waals surface area contributed by atoms with E-state index in [1.807, 2.05) is 44.2 Å². The Morgan fingerprint density at radius 2 is 1.80 bits per heavy atom. The second-order valence-electron chi connectivity index (χ2n) is 7.42. The lowest BCUT2D eigenvalue weighted by Gasteiger charge is -2.42. The molecule has 1 aromatic rings. The molecule has 1 atom stereocenters. The average molecular weight is 344 g/mol. The number of hydrogen-bond acceptors (Lipinski definition) is 3. The summed E-state index contributed by atoms with van der Waals surface area (Å²) in [6.07, 6.45) is 4.82. The van der Waals surface area contributed by atoms with Gasteiger partial charge in [-0.15, -0.1) is 0 Å². The molecule has 0 unspecified atom stereocenters. The Balaban J connectivity index is 1.95. The van der Waals surface area contributed by atoms with Crippen molar-refractivity contribution in [2.45, 2.75) is 63.8 Å². The fourth-order valence-electron chi connectivity index (χ4n) is 3.87. The van der Waals surface area contributed by atoms with E-state index < -0.39 is 11.8 Å². The largest absolute Gasteiger partial charge is 0.353 e. The number of carbonyl (C=O) groups is 2. The first-order chi connectivity index (χ1) is 12.0. The van der Waals surface area contributed by atoms with Crippen LogP contribution < -0.4 is 0 Å².